The lowest BCUT2D eigenvalue weighted by molar-refractivity contribution is -0.127. The summed E-state index contributed by atoms with van der Waals surface area (Å²) < 4.78 is 7.08. The van der Waals surface area contributed by atoms with Gasteiger partial charge in [-0.3, -0.25) is 25.1 Å². The number of aryl methyl sites for hydroxylation is 1. The molecule has 0 aliphatic carbocycles. The number of carbonyl (C=O) groups is 2. The lowest BCUT2D eigenvalue weighted by Crippen LogP contribution is -2.45. The van der Waals surface area contributed by atoms with Gasteiger partial charge < -0.3 is 4.74 Å². The monoisotopic (exact) mass is 315 g/mol. The fraction of sp³-hybridized carbons (Fsp3) is 0.333. The highest BCUT2D eigenvalue weighted by Crippen LogP contribution is 2.34. The van der Waals surface area contributed by atoms with Crippen molar-refractivity contribution in [2.75, 3.05) is 6.61 Å². The number of amides is 2. The van der Waals surface area contributed by atoms with Crippen molar-refractivity contribution in [3.63, 3.8) is 0 Å². The topological polar surface area (TPSA) is 98.1 Å². The van der Waals surface area contributed by atoms with Crippen LogP contribution in [0.4, 0.5) is 0 Å². The lowest BCUT2D eigenvalue weighted by Gasteiger charge is -2.18. The fourth-order valence-electron chi connectivity index (χ4n) is 2.54. The number of nitrogens with one attached hydrogen (secondary N) is 2. The predicted molar refractivity (Wildman–Crippen MR) is 79.9 cm³/mol. The van der Waals surface area contributed by atoms with Crippen molar-refractivity contribution < 1.29 is 14.3 Å². The van der Waals surface area contributed by atoms with Gasteiger partial charge in [0.05, 0.1) is 12.0 Å². The van der Waals surface area contributed by atoms with E-state index in [1.807, 2.05) is 30.3 Å². The van der Waals surface area contributed by atoms with Gasteiger partial charge in [0, 0.05) is 13.7 Å². The molecule has 120 valence electrons. The lowest BCUT2D eigenvalue weighted by atomic mass is 9.95. The molecule has 2 N–H and O–H groups in total. The SMILES string of the molecule is Cn1cnc(C(=O)NNC(=O)[C@@H]2CCO[C@H]2c2ccccc2)n1. The molecule has 2 aromatic rings. The molecular weight excluding hydrogens is 298 g/mol. The van der Waals surface area contributed by atoms with Gasteiger partial charge in [-0.25, -0.2) is 4.98 Å². The first-order valence-corrected chi connectivity index (χ1v) is 7.27. The van der Waals surface area contributed by atoms with Crippen LogP contribution < -0.4 is 10.9 Å². The Morgan fingerprint density at radius 1 is 1.26 bits per heavy atom. The summed E-state index contributed by atoms with van der Waals surface area (Å²) in [4.78, 5) is 28.0. The smallest absolute Gasteiger partial charge is 0.309 e. The second kappa shape index (κ2) is 6.57. The third-order valence-corrected chi connectivity index (χ3v) is 3.66. The third-order valence-electron chi connectivity index (χ3n) is 3.66. The number of hydrogen-bond acceptors (Lipinski definition) is 5. The number of benzene rings is 1. The maximum Gasteiger partial charge on any atom is 0.309 e. The first-order chi connectivity index (χ1) is 11.1. The van der Waals surface area contributed by atoms with Crippen molar-refractivity contribution in [2.45, 2.75) is 12.5 Å². The highest BCUT2D eigenvalue weighted by atomic mass is 16.5. The minimum Gasteiger partial charge on any atom is -0.373 e. The van der Waals surface area contributed by atoms with E-state index in [9.17, 15) is 9.59 Å². The molecule has 1 aliphatic rings. The van der Waals surface area contributed by atoms with Crippen LogP contribution in [0, 0.1) is 5.92 Å². The summed E-state index contributed by atoms with van der Waals surface area (Å²) in [5.74, 6) is -1.21. The molecule has 2 amide bonds. The fourth-order valence-corrected chi connectivity index (χ4v) is 2.54. The van der Waals surface area contributed by atoms with Crippen LogP contribution in [0.3, 0.4) is 0 Å². The first kappa shape index (κ1) is 15.2. The van der Waals surface area contributed by atoms with Crippen LogP contribution >= 0.6 is 0 Å². The Labute approximate surface area is 132 Å². The van der Waals surface area contributed by atoms with Crippen LogP contribution in [-0.4, -0.2) is 33.2 Å². The van der Waals surface area contributed by atoms with E-state index < -0.39 is 5.91 Å². The minimum absolute atomic E-state index is 0.00455. The van der Waals surface area contributed by atoms with Crippen LogP contribution in [0.2, 0.25) is 0 Å². The molecule has 8 heteroatoms. The number of hydrazine groups is 1. The van der Waals surface area contributed by atoms with Crippen molar-refractivity contribution in [3.8, 4) is 0 Å². The van der Waals surface area contributed by atoms with Crippen LogP contribution in [0.15, 0.2) is 36.7 Å². The van der Waals surface area contributed by atoms with Gasteiger partial charge in [-0.2, -0.15) is 0 Å². The zero-order valence-corrected chi connectivity index (χ0v) is 12.6. The largest absolute Gasteiger partial charge is 0.373 e. The van der Waals surface area contributed by atoms with Crippen molar-refractivity contribution in [2.24, 2.45) is 13.0 Å². The molecular formula is C15H17N5O3. The molecule has 3 rings (SSSR count). The minimum atomic E-state index is -0.561. The molecule has 0 unspecified atom stereocenters. The summed E-state index contributed by atoms with van der Waals surface area (Å²) in [6.07, 6.45) is 1.71. The Hall–Kier alpha value is -2.74. The average molecular weight is 315 g/mol. The van der Waals surface area contributed by atoms with Gasteiger partial charge in [-0.15, -0.1) is 5.10 Å². The first-order valence-electron chi connectivity index (χ1n) is 7.27. The van der Waals surface area contributed by atoms with Gasteiger partial charge in [-0.05, 0) is 12.0 Å². The second-order valence-electron chi connectivity index (χ2n) is 5.28. The van der Waals surface area contributed by atoms with Gasteiger partial charge in [0.2, 0.25) is 11.7 Å². The van der Waals surface area contributed by atoms with Crippen molar-refractivity contribution in [1.82, 2.24) is 25.6 Å². The number of ether oxygens (including phenoxy) is 1. The molecule has 1 fully saturated rings. The van der Waals surface area contributed by atoms with E-state index >= 15 is 0 Å². The molecule has 23 heavy (non-hydrogen) atoms. The van der Waals surface area contributed by atoms with E-state index in [1.54, 1.807) is 7.05 Å². The highest BCUT2D eigenvalue weighted by molar-refractivity contribution is 5.92. The van der Waals surface area contributed by atoms with Crippen LogP contribution in [0.25, 0.3) is 0 Å². The standard InChI is InChI=1S/C15H17N5O3/c1-20-9-16-13(19-20)15(22)18-17-14(21)11-7-8-23-12(11)10-5-3-2-4-6-10/h2-6,9,11-12H,7-8H2,1H3,(H,17,21)(H,18,22)/t11-,12+/m1/s1. The molecule has 8 nitrogen and oxygen atoms in total. The molecule has 1 aromatic heterocycles. The summed E-state index contributed by atoms with van der Waals surface area (Å²) in [6.45, 7) is 0.507. The Morgan fingerprint density at radius 3 is 2.74 bits per heavy atom. The van der Waals surface area contributed by atoms with Crippen LogP contribution in [0.5, 0.6) is 0 Å². The molecule has 0 saturated carbocycles. The quantitative estimate of drug-likeness (QED) is 0.797. The number of hydrogen-bond donors (Lipinski definition) is 2. The predicted octanol–water partition coefficient (Wildman–Crippen LogP) is 0.354. The van der Waals surface area contributed by atoms with E-state index in [1.165, 1.54) is 11.0 Å². The molecule has 0 spiro atoms. The molecule has 2 atom stereocenters. The van der Waals surface area contributed by atoms with E-state index in [-0.39, 0.29) is 23.8 Å². The number of rotatable bonds is 3. The van der Waals surface area contributed by atoms with Gasteiger partial charge in [0.1, 0.15) is 6.33 Å². The zero-order chi connectivity index (χ0) is 16.2. The normalized spacial score (nSPS) is 20.2. The molecule has 1 aliphatic heterocycles. The van der Waals surface area contributed by atoms with Gasteiger partial charge in [0.25, 0.3) is 0 Å². The summed E-state index contributed by atoms with van der Waals surface area (Å²) in [7, 11) is 1.66. The summed E-state index contributed by atoms with van der Waals surface area (Å²) in [5.41, 5.74) is 5.70. The Morgan fingerprint density at radius 2 is 2.04 bits per heavy atom. The Balaban J connectivity index is 1.60. The van der Waals surface area contributed by atoms with Crippen molar-refractivity contribution in [3.05, 3.63) is 48.0 Å². The van der Waals surface area contributed by atoms with Gasteiger partial charge in [-0.1, -0.05) is 30.3 Å². The van der Waals surface area contributed by atoms with E-state index in [2.05, 4.69) is 20.9 Å². The van der Waals surface area contributed by atoms with E-state index in [0.29, 0.717) is 13.0 Å². The molecule has 1 saturated heterocycles. The molecule has 0 radical (unpaired) electrons. The summed E-state index contributed by atoms with van der Waals surface area (Å²) in [5, 5.41) is 3.87. The maximum atomic E-state index is 12.3. The zero-order valence-electron chi connectivity index (χ0n) is 12.6. The summed E-state index contributed by atoms with van der Waals surface area (Å²) in [6, 6.07) is 9.56. The number of carbonyl (C=O) groups excluding carboxylic acids is 2. The highest BCUT2D eigenvalue weighted by Gasteiger charge is 2.35. The number of aromatic nitrogens is 3. The molecule has 1 aromatic carbocycles. The van der Waals surface area contributed by atoms with Crippen molar-refractivity contribution in [1.29, 1.82) is 0 Å². The van der Waals surface area contributed by atoms with Crippen LogP contribution in [0.1, 0.15) is 28.7 Å². The summed E-state index contributed by atoms with van der Waals surface area (Å²) >= 11 is 0. The van der Waals surface area contributed by atoms with Crippen LogP contribution in [-0.2, 0) is 16.6 Å². The second-order valence-corrected chi connectivity index (χ2v) is 5.28. The molecule has 2 heterocycles. The maximum absolute atomic E-state index is 12.3. The van der Waals surface area contributed by atoms with Gasteiger partial charge in [0.15, 0.2) is 0 Å². The Kier molecular flexibility index (Phi) is 4.33. The average Bonchev–Trinajstić information content (AvgIpc) is 3.22. The molecule has 0 bridgehead atoms. The van der Waals surface area contributed by atoms with Crippen molar-refractivity contribution >= 4 is 11.8 Å². The van der Waals surface area contributed by atoms with Gasteiger partial charge >= 0.3 is 5.91 Å². The Bertz CT molecular complexity index is 700. The van der Waals surface area contributed by atoms with E-state index in [4.69, 9.17) is 4.74 Å². The third kappa shape index (κ3) is 3.37. The van der Waals surface area contributed by atoms with E-state index in [0.717, 1.165) is 5.56 Å². The number of nitrogens with zero attached hydrogens (tertiary/aromatic N) is 3.